The number of fused-ring (bicyclic) bond motifs is 1. The SMILES string of the molecule is O=C(NC1CCc2c(F)cccc21)c1ccccc1OC(F)F. The molecule has 1 amide bonds. The second kappa shape index (κ2) is 6.32. The van der Waals surface area contributed by atoms with Crippen LogP contribution in [-0.4, -0.2) is 12.5 Å². The van der Waals surface area contributed by atoms with Crippen LogP contribution in [0, 0.1) is 5.82 Å². The highest BCUT2D eigenvalue weighted by Gasteiger charge is 2.27. The molecule has 0 saturated heterocycles. The normalized spacial score (nSPS) is 16.3. The molecule has 0 saturated carbocycles. The molecule has 0 spiro atoms. The van der Waals surface area contributed by atoms with E-state index in [1.807, 2.05) is 0 Å². The summed E-state index contributed by atoms with van der Waals surface area (Å²) in [6, 6.07) is 10.2. The molecule has 0 heterocycles. The minimum atomic E-state index is -3.01. The molecule has 1 atom stereocenters. The van der Waals surface area contributed by atoms with Gasteiger partial charge in [0.15, 0.2) is 0 Å². The van der Waals surface area contributed by atoms with Crippen molar-refractivity contribution in [1.82, 2.24) is 5.32 Å². The maximum Gasteiger partial charge on any atom is 0.387 e. The molecule has 1 aliphatic rings. The van der Waals surface area contributed by atoms with Gasteiger partial charge < -0.3 is 10.1 Å². The first-order valence-electron chi connectivity index (χ1n) is 7.18. The van der Waals surface area contributed by atoms with Crippen molar-refractivity contribution in [3.05, 3.63) is 65.0 Å². The first kappa shape index (κ1) is 15.4. The van der Waals surface area contributed by atoms with E-state index in [0.29, 0.717) is 18.4 Å². The summed E-state index contributed by atoms with van der Waals surface area (Å²) in [5.41, 5.74) is 1.35. The van der Waals surface area contributed by atoms with Gasteiger partial charge in [-0.05, 0) is 42.2 Å². The molecule has 0 radical (unpaired) electrons. The van der Waals surface area contributed by atoms with Crippen molar-refractivity contribution < 1.29 is 22.7 Å². The van der Waals surface area contributed by atoms with Gasteiger partial charge in [0.25, 0.3) is 5.91 Å². The Labute approximate surface area is 131 Å². The van der Waals surface area contributed by atoms with Crippen molar-refractivity contribution in [2.75, 3.05) is 0 Å². The van der Waals surface area contributed by atoms with E-state index >= 15 is 0 Å². The van der Waals surface area contributed by atoms with E-state index in [4.69, 9.17) is 0 Å². The van der Waals surface area contributed by atoms with Gasteiger partial charge in [0, 0.05) is 0 Å². The lowest BCUT2D eigenvalue weighted by Gasteiger charge is -2.16. The van der Waals surface area contributed by atoms with Crippen molar-refractivity contribution in [2.45, 2.75) is 25.5 Å². The molecule has 6 heteroatoms. The number of carbonyl (C=O) groups excluding carboxylic acids is 1. The quantitative estimate of drug-likeness (QED) is 0.929. The Morgan fingerprint density at radius 1 is 1.17 bits per heavy atom. The van der Waals surface area contributed by atoms with Crippen LogP contribution in [0.1, 0.15) is 33.9 Å². The fourth-order valence-electron chi connectivity index (χ4n) is 2.85. The molecule has 3 rings (SSSR count). The highest BCUT2D eigenvalue weighted by atomic mass is 19.3. The van der Waals surface area contributed by atoms with Crippen LogP contribution in [0.5, 0.6) is 5.75 Å². The molecule has 0 fully saturated rings. The molecule has 0 aliphatic heterocycles. The van der Waals surface area contributed by atoms with Crippen LogP contribution in [0.25, 0.3) is 0 Å². The zero-order valence-corrected chi connectivity index (χ0v) is 12.1. The van der Waals surface area contributed by atoms with Gasteiger partial charge >= 0.3 is 6.61 Å². The zero-order chi connectivity index (χ0) is 16.4. The topological polar surface area (TPSA) is 38.3 Å². The van der Waals surface area contributed by atoms with Gasteiger partial charge in [-0.3, -0.25) is 4.79 Å². The summed E-state index contributed by atoms with van der Waals surface area (Å²) in [4.78, 5) is 12.4. The lowest BCUT2D eigenvalue weighted by Crippen LogP contribution is -2.27. The maximum atomic E-state index is 13.7. The van der Waals surface area contributed by atoms with E-state index in [2.05, 4.69) is 10.1 Å². The number of hydrogen-bond donors (Lipinski definition) is 1. The summed E-state index contributed by atoms with van der Waals surface area (Å²) >= 11 is 0. The third kappa shape index (κ3) is 3.16. The van der Waals surface area contributed by atoms with Gasteiger partial charge in [-0.1, -0.05) is 24.3 Å². The van der Waals surface area contributed by atoms with Gasteiger partial charge in [-0.15, -0.1) is 0 Å². The van der Waals surface area contributed by atoms with Crippen LogP contribution < -0.4 is 10.1 Å². The lowest BCUT2D eigenvalue weighted by atomic mass is 10.1. The van der Waals surface area contributed by atoms with Crippen molar-refractivity contribution >= 4 is 5.91 Å². The third-order valence-electron chi connectivity index (χ3n) is 3.87. The van der Waals surface area contributed by atoms with E-state index in [-0.39, 0.29) is 23.2 Å². The van der Waals surface area contributed by atoms with Crippen molar-refractivity contribution in [3.63, 3.8) is 0 Å². The van der Waals surface area contributed by atoms with Crippen molar-refractivity contribution in [3.8, 4) is 5.75 Å². The largest absolute Gasteiger partial charge is 0.434 e. The Hall–Kier alpha value is -2.50. The number of rotatable bonds is 4. The first-order chi connectivity index (χ1) is 11.1. The number of nitrogens with one attached hydrogen (secondary N) is 1. The van der Waals surface area contributed by atoms with E-state index < -0.39 is 12.5 Å². The fraction of sp³-hybridized carbons (Fsp3) is 0.235. The maximum absolute atomic E-state index is 13.7. The van der Waals surface area contributed by atoms with Gasteiger partial charge in [-0.2, -0.15) is 8.78 Å². The van der Waals surface area contributed by atoms with E-state index in [1.54, 1.807) is 18.2 Å². The lowest BCUT2D eigenvalue weighted by molar-refractivity contribution is -0.0501. The highest BCUT2D eigenvalue weighted by molar-refractivity contribution is 5.97. The van der Waals surface area contributed by atoms with Crippen LogP contribution in [0.2, 0.25) is 0 Å². The predicted octanol–water partition coefficient (Wildman–Crippen LogP) is 3.84. The Bertz CT molecular complexity index is 734. The van der Waals surface area contributed by atoms with Gasteiger partial charge in [0.1, 0.15) is 11.6 Å². The van der Waals surface area contributed by atoms with Gasteiger partial charge in [0.05, 0.1) is 11.6 Å². The second-order valence-corrected chi connectivity index (χ2v) is 5.25. The zero-order valence-electron chi connectivity index (χ0n) is 12.1. The molecule has 2 aromatic rings. The summed E-state index contributed by atoms with van der Waals surface area (Å²) in [6.45, 7) is -3.01. The molecule has 120 valence electrons. The van der Waals surface area contributed by atoms with Crippen molar-refractivity contribution in [1.29, 1.82) is 0 Å². The number of alkyl halides is 2. The average Bonchev–Trinajstić information content (AvgIpc) is 2.92. The van der Waals surface area contributed by atoms with Crippen LogP contribution in [0.3, 0.4) is 0 Å². The first-order valence-corrected chi connectivity index (χ1v) is 7.18. The van der Waals surface area contributed by atoms with Crippen LogP contribution in [0.15, 0.2) is 42.5 Å². The van der Waals surface area contributed by atoms with Crippen molar-refractivity contribution in [2.24, 2.45) is 0 Å². The molecule has 2 aromatic carbocycles. The molecule has 1 aliphatic carbocycles. The second-order valence-electron chi connectivity index (χ2n) is 5.25. The highest BCUT2D eigenvalue weighted by Crippen LogP contribution is 2.33. The molecule has 3 nitrogen and oxygen atoms in total. The standard InChI is InChI=1S/C17H14F3NO2/c18-13-6-3-5-11-10(13)8-9-14(11)21-16(22)12-4-1-2-7-15(12)23-17(19)20/h1-7,14,17H,8-9H2,(H,21,22). The predicted molar refractivity (Wildman–Crippen MR) is 78.0 cm³/mol. The fourth-order valence-corrected chi connectivity index (χ4v) is 2.85. The summed E-state index contributed by atoms with van der Waals surface area (Å²) in [7, 11) is 0. The minimum absolute atomic E-state index is 0.0256. The molecular formula is C17H14F3NO2. The molecule has 23 heavy (non-hydrogen) atoms. The number of ether oxygens (including phenoxy) is 1. The Balaban J connectivity index is 1.81. The number of carbonyl (C=O) groups is 1. The number of hydrogen-bond acceptors (Lipinski definition) is 2. The smallest absolute Gasteiger partial charge is 0.387 e. The van der Waals surface area contributed by atoms with Crippen LogP contribution in [0.4, 0.5) is 13.2 Å². The number of amides is 1. The summed E-state index contributed by atoms with van der Waals surface area (Å²) < 4.78 is 42.9. The Kier molecular flexibility index (Phi) is 4.23. The van der Waals surface area contributed by atoms with E-state index in [1.165, 1.54) is 24.3 Å². The van der Waals surface area contributed by atoms with Gasteiger partial charge in [0.2, 0.25) is 0 Å². The van der Waals surface area contributed by atoms with E-state index in [0.717, 1.165) is 5.56 Å². The monoisotopic (exact) mass is 321 g/mol. The summed E-state index contributed by atoms with van der Waals surface area (Å²) in [5, 5.41) is 2.76. The Morgan fingerprint density at radius 3 is 2.74 bits per heavy atom. The summed E-state index contributed by atoms with van der Waals surface area (Å²) in [6.07, 6.45) is 1.10. The minimum Gasteiger partial charge on any atom is -0.434 e. The molecule has 0 bridgehead atoms. The number of benzene rings is 2. The third-order valence-corrected chi connectivity index (χ3v) is 3.87. The summed E-state index contributed by atoms with van der Waals surface area (Å²) in [5.74, 6) is -0.999. The van der Waals surface area contributed by atoms with Gasteiger partial charge in [-0.25, -0.2) is 4.39 Å². The van der Waals surface area contributed by atoms with E-state index in [9.17, 15) is 18.0 Å². The Morgan fingerprint density at radius 2 is 1.96 bits per heavy atom. The number of halogens is 3. The molecule has 1 unspecified atom stereocenters. The van der Waals surface area contributed by atoms with Crippen LogP contribution in [-0.2, 0) is 6.42 Å². The molecular weight excluding hydrogens is 307 g/mol. The number of para-hydroxylation sites is 1. The average molecular weight is 321 g/mol. The molecule has 1 N–H and O–H groups in total. The van der Waals surface area contributed by atoms with Crippen LogP contribution >= 0.6 is 0 Å². The molecule has 0 aromatic heterocycles.